The molecular weight excluding hydrogens is 412 g/mol. The van der Waals surface area contributed by atoms with Crippen molar-refractivity contribution in [1.82, 2.24) is 4.98 Å². The van der Waals surface area contributed by atoms with Gasteiger partial charge >= 0.3 is 0 Å². The molecule has 0 unspecified atom stereocenters. The van der Waals surface area contributed by atoms with E-state index in [1.807, 2.05) is 6.07 Å². The van der Waals surface area contributed by atoms with E-state index in [2.05, 4.69) is 25.6 Å². The summed E-state index contributed by atoms with van der Waals surface area (Å²) in [5, 5.41) is 0. The van der Waals surface area contributed by atoms with E-state index in [0.717, 1.165) is 28.1 Å². The smallest absolute Gasteiger partial charge is 0.271 e. The van der Waals surface area contributed by atoms with E-state index in [1.54, 1.807) is 36.5 Å². The molecule has 1 aliphatic carbocycles. The molecule has 0 amide bonds. The summed E-state index contributed by atoms with van der Waals surface area (Å²) in [4.78, 5) is 5.03. The van der Waals surface area contributed by atoms with Crippen LogP contribution in [-0.4, -0.2) is 13.4 Å². The predicted molar refractivity (Wildman–Crippen MR) is 96.7 cm³/mol. The van der Waals surface area contributed by atoms with Crippen LogP contribution in [0.2, 0.25) is 0 Å². The first kappa shape index (κ1) is 15.9. The number of thiophene rings is 1. The van der Waals surface area contributed by atoms with Crippen molar-refractivity contribution in [2.24, 2.45) is 0 Å². The van der Waals surface area contributed by atoms with Crippen LogP contribution >= 0.6 is 27.3 Å². The molecule has 1 saturated carbocycles. The molecule has 0 bridgehead atoms. The monoisotopic (exact) mass is 424 g/mol. The van der Waals surface area contributed by atoms with E-state index in [0.29, 0.717) is 17.4 Å². The minimum Gasteiger partial charge on any atom is -0.440 e. The number of sulfonamides is 1. The number of rotatable bonds is 5. The lowest BCUT2D eigenvalue weighted by Crippen LogP contribution is -2.11. The molecule has 2 heterocycles. The zero-order valence-corrected chi connectivity index (χ0v) is 15.6. The molecule has 8 heteroatoms. The Labute approximate surface area is 151 Å². The van der Waals surface area contributed by atoms with Gasteiger partial charge < -0.3 is 4.42 Å². The first-order valence-corrected chi connectivity index (χ1v) is 10.4. The Morgan fingerprint density at radius 3 is 2.83 bits per heavy atom. The van der Waals surface area contributed by atoms with Crippen LogP contribution in [0.1, 0.15) is 24.7 Å². The third-order valence-corrected chi connectivity index (χ3v) is 7.08. The summed E-state index contributed by atoms with van der Waals surface area (Å²) in [5.41, 5.74) is 0.509. The second-order valence-electron chi connectivity index (χ2n) is 5.57. The van der Waals surface area contributed by atoms with E-state index >= 15 is 0 Å². The van der Waals surface area contributed by atoms with E-state index in [1.165, 1.54) is 11.3 Å². The van der Waals surface area contributed by atoms with Crippen molar-refractivity contribution in [1.29, 1.82) is 0 Å². The maximum Gasteiger partial charge on any atom is 0.271 e. The number of halogens is 1. The first-order chi connectivity index (χ1) is 11.5. The molecule has 4 rings (SSSR count). The van der Waals surface area contributed by atoms with Crippen LogP contribution in [0, 0.1) is 0 Å². The molecule has 24 heavy (non-hydrogen) atoms. The normalized spacial score (nSPS) is 14.7. The average Bonchev–Trinajstić information content (AvgIpc) is 3.07. The van der Waals surface area contributed by atoms with Gasteiger partial charge in [-0.2, -0.15) is 0 Å². The lowest BCUT2D eigenvalue weighted by atomic mass is 10.3. The quantitative estimate of drug-likeness (QED) is 0.635. The second-order valence-corrected chi connectivity index (χ2v) is 9.48. The topological polar surface area (TPSA) is 72.2 Å². The number of benzene rings is 1. The van der Waals surface area contributed by atoms with Crippen LogP contribution in [0.5, 0.6) is 0 Å². The maximum atomic E-state index is 12.5. The molecule has 1 aromatic carbocycles. The molecular formula is C16H13BrN2O3S2. The van der Waals surface area contributed by atoms with Gasteiger partial charge in [0.05, 0.1) is 11.1 Å². The van der Waals surface area contributed by atoms with Gasteiger partial charge in [-0.15, -0.1) is 11.3 Å². The van der Waals surface area contributed by atoms with Crippen LogP contribution in [0.3, 0.4) is 0 Å². The molecule has 0 spiro atoms. The molecule has 1 fully saturated rings. The van der Waals surface area contributed by atoms with Crippen molar-refractivity contribution < 1.29 is 12.8 Å². The van der Waals surface area contributed by atoms with Crippen molar-refractivity contribution in [2.75, 3.05) is 4.72 Å². The Balaban J connectivity index is 1.58. The summed E-state index contributed by atoms with van der Waals surface area (Å²) in [6.07, 6.45) is 3.89. The largest absolute Gasteiger partial charge is 0.440 e. The van der Waals surface area contributed by atoms with Gasteiger partial charge in [0.15, 0.2) is 11.7 Å². The molecule has 5 nitrogen and oxygen atoms in total. The first-order valence-electron chi connectivity index (χ1n) is 7.35. The summed E-state index contributed by atoms with van der Waals surface area (Å²) >= 11 is 4.49. The van der Waals surface area contributed by atoms with Crippen LogP contribution in [0.4, 0.5) is 5.69 Å². The fourth-order valence-electron chi connectivity index (χ4n) is 2.27. The second kappa shape index (κ2) is 6.02. The summed E-state index contributed by atoms with van der Waals surface area (Å²) in [6, 6.07) is 10.4. The molecule has 1 aliphatic rings. The summed E-state index contributed by atoms with van der Waals surface area (Å²) in [6.45, 7) is 0. The molecule has 0 aliphatic heterocycles. The highest BCUT2D eigenvalue weighted by atomic mass is 79.9. The number of hydrogen-bond donors (Lipinski definition) is 1. The van der Waals surface area contributed by atoms with Crippen LogP contribution < -0.4 is 4.72 Å². The Bertz CT molecular complexity index is 990. The number of hydrogen-bond acceptors (Lipinski definition) is 5. The molecule has 0 atom stereocenters. The summed E-state index contributed by atoms with van der Waals surface area (Å²) in [7, 11) is -3.63. The van der Waals surface area contributed by atoms with Crippen molar-refractivity contribution in [3.63, 3.8) is 0 Å². The molecule has 124 valence electrons. The highest BCUT2D eigenvalue weighted by Crippen LogP contribution is 2.41. The maximum absolute atomic E-state index is 12.5. The molecule has 0 saturated heterocycles. The van der Waals surface area contributed by atoms with Gasteiger partial charge in [-0.1, -0.05) is 22.0 Å². The van der Waals surface area contributed by atoms with Crippen molar-refractivity contribution in [2.45, 2.75) is 23.0 Å². The Morgan fingerprint density at radius 2 is 2.08 bits per heavy atom. The predicted octanol–water partition coefficient (Wildman–Crippen LogP) is 4.84. The third-order valence-electron chi connectivity index (χ3n) is 3.62. The Morgan fingerprint density at radius 1 is 1.25 bits per heavy atom. The van der Waals surface area contributed by atoms with Gasteiger partial charge in [-0.3, -0.25) is 4.72 Å². The zero-order valence-electron chi connectivity index (χ0n) is 12.4. The molecule has 0 radical (unpaired) electrons. The lowest BCUT2D eigenvalue weighted by molar-refractivity contribution is 0.510. The van der Waals surface area contributed by atoms with E-state index in [4.69, 9.17) is 4.42 Å². The fraction of sp³-hybridized carbons (Fsp3) is 0.188. The zero-order chi connectivity index (χ0) is 16.7. The lowest BCUT2D eigenvalue weighted by Gasteiger charge is -2.06. The van der Waals surface area contributed by atoms with Crippen molar-refractivity contribution in [3.05, 3.63) is 53.0 Å². The van der Waals surface area contributed by atoms with E-state index in [9.17, 15) is 8.42 Å². The van der Waals surface area contributed by atoms with Crippen LogP contribution in [0.25, 0.3) is 10.6 Å². The van der Waals surface area contributed by atoms with Crippen LogP contribution in [0.15, 0.2) is 55.7 Å². The third kappa shape index (κ3) is 3.26. The molecule has 2 aromatic heterocycles. The molecule has 1 N–H and O–H groups in total. The Kier molecular flexibility index (Phi) is 3.98. The van der Waals surface area contributed by atoms with Gasteiger partial charge in [0.2, 0.25) is 0 Å². The molecule has 3 aromatic rings. The number of nitrogens with zero attached hydrogens (tertiary/aromatic N) is 1. The number of oxazole rings is 1. The number of aromatic nitrogens is 1. The van der Waals surface area contributed by atoms with Gasteiger partial charge in [-0.05, 0) is 43.2 Å². The van der Waals surface area contributed by atoms with Gasteiger partial charge in [0.1, 0.15) is 4.21 Å². The van der Waals surface area contributed by atoms with Gasteiger partial charge in [0, 0.05) is 16.1 Å². The number of anilines is 1. The van der Waals surface area contributed by atoms with Crippen LogP contribution in [-0.2, 0) is 10.0 Å². The van der Waals surface area contributed by atoms with E-state index in [-0.39, 0.29) is 4.21 Å². The van der Waals surface area contributed by atoms with Gasteiger partial charge in [-0.25, -0.2) is 13.4 Å². The fourth-order valence-corrected chi connectivity index (χ4v) is 4.98. The minimum atomic E-state index is -3.63. The minimum absolute atomic E-state index is 0.238. The number of nitrogens with one attached hydrogen (secondary N) is 1. The summed E-state index contributed by atoms with van der Waals surface area (Å²) < 4.78 is 34.4. The van der Waals surface area contributed by atoms with E-state index < -0.39 is 10.0 Å². The highest BCUT2D eigenvalue weighted by Gasteiger charge is 2.29. The van der Waals surface area contributed by atoms with Crippen molar-refractivity contribution in [3.8, 4) is 10.6 Å². The Hall–Kier alpha value is -1.64. The highest BCUT2D eigenvalue weighted by molar-refractivity contribution is 9.10. The standard InChI is InChI=1S/C16H13BrN2O3S2/c17-11-2-1-3-12(8-11)19-24(20,21)15-7-6-14(23-15)13-9-18-16(22-13)10-4-5-10/h1-3,6-10,19H,4-5H2. The van der Waals surface area contributed by atoms with Crippen molar-refractivity contribution >= 4 is 43.0 Å². The van der Waals surface area contributed by atoms with Gasteiger partial charge in [0.25, 0.3) is 10.0 Å². The average molecular weight is 425 g/mol. The SMILES string of the molecule is O=S(=O)(Nc1cccc(Br)c1)c1ccc(-c2cnc(C3CC3)o2)s1. The summed E-state index contributed by atoms with van der Waals surface area (Å²) in [5.74, 6) is 1.79.